The summed E-state index contributed by atoms with van der Waals surface area (Å²) in [6, 6.07) is 0.169. The summed E-state index contributed by atoms with van der Waals surface area (Å²) >= 11 is 0. The van der Waals surface area contributed by atoms with Crippen molar-refractivity contribution >= 4 is 5.91 Å². The first-order valence-electron chi connectivity index (χ1n) is 8.43. The van der Waals surface area contributed by atoms with E-state index in [0.29, 0.717) is 17.7 Å². The Labute approximate surface area is 121 Å². The van der Waals surface area contributed by atoms with E-state index in [4.69, 9.17) is 0 Å². The SMILES string of the molecule is CC1(C)C(O)CC1NC(=O)C1C2CC3CC(C2)CC1C3. The van der Waals surface area contributed by atoms with Gasteiger partial charge in [-0.1, -0.05) is 13.8 Å². The van der Waals surface area contributed by atoms with Crippen LogP contribution >= 0.6 is 0 Å². The van der Waals surface area contributed by atoms with Gasteiger partial charge in [-0.25, -0.2) is 0 Å². The van der Waals surface area contributed by atoms with Crippen LogP contribution in [-0.2, 0) is 4.79 Å². The molecule has 0 aromatic carbocycles. The van der Waals surface area contributed by atoms with Crippen LogP contribution in [0.4, 0.5) is 0 Å². The van der Waals surface area contributed by atoms with E-state index in [-0.39, 0.29) is 23.5 Å². The molecule has 3 heteroatoms. The Hall–Kier alpha value is -0.570. The first kappa shape index (κ1) is 13.1. The van der Waals surface area contributed by atoms with Gasteiger partial charge in [0.15, 0.2) is 0 Å². The molecule has 5 fully saturated rings. The molecule has 0 aromatic heterocycles. The standard InChI is InChI=1S/C17H27NO2/c1-17(2)13(8-14(17)19)18-16(20)15-11-4-9-3-10(6-11)7-12(15)5-9/h9-15,19H,3-8H2,1-2H3,(H,18,20). The molecule has 2 atom stereocenters. The number of nitrogens with one attached hydrogen (secondary N) is 1. The van der Waals surface area contributed by atoms with Gasteiger partial charge >= 0.3 is 0 Å². The predicted octanol–water partition coefficient (Wildman–Crippen LogP) is 2.33. The summed E-state index contributed by atoms with van der Waals surface area (Å²) in [4.78, 5) is 12.7. The fourth-order valence-electron chi connectivity index (χ4n) is 5.77. The normalized spacial score (nSPS) is 51.6. The third kappa shape index (κ3) is 1.78. The molecule has 1 amide bonds. The molecule has 0 aliphatic heterocycles. The summed E-state index contributed by atoms with van der Waals surface area (Å²) in [6.45, 7) is 4.12. The minimum Gasteiger partial charge on any atom is -0.392 e. The summed E-state index contributed by atoms with van der Waals surface area (Å²) in [5.41, 5.74) is -0.151. The molecule has 2 N–H and O–H groups in total. The van der Waals surface area contributed by atoms with Gasteiger partial charge in [-0.15, -0.1) is 0 Å². The lowest BCUT2D eigenvalue weighted by molar-refractivity contribution is -0.145. The van der Waals surface area contributed by atoms with E-state index in [1.165, 1.54) is 32.1 Å². The van der Waals surface area contributed by atoms with Gasteiger partial charge in [-0.3, -0.25) is 4.79 Å². The van der Waals surface area contributed by atoms with Crippen molar-refractivity contribution in [1.82, 2.24) is 5.32 Å². The summed E-state index contributed by atoms with van der Waals surface area (Å²) in [6.07, 6.45) is 7.08. The van der Waals surface area contributed by atoms with Crippen LogP contribution in [-0.4, -0.2) is 23.2 Å². The Balaban J connectivity index is 1.44. The highest BCUT2D eigenvalue weighted by Crippen LogP contribution is 2.56. The molecule has 5 aliphatic carbocycles. The van der Waals surface area contributed by atoms with E-state index in [0.717, 1.165) is 18.3 Å². The number of hydrogen-bond donors (Lipinski definition) is 2. The molecule has 0 heterocycles. The van der Waals surface area contributed by atoms with Crippen LogP contribution in [0.2, 0.25) is 0 Å². The number of amides is 1. The predicted molar refractivity (Wildman–Crippen MR) is 76.9 cm³/mol. The lowest BCUT2D eigenvalue weighted by atomic mass is 9.51. The molecule has 0 aromatic rings. The van der Waals surface area contributed by atoms with E-state index in [1.807, 2.05) is 0 Å². The van der Waals surface area contributed by atoms with Crippen molar-refractivity contribution in [3.8, 4) is 0 Å². The van der Waals surface area contributed by atoms with Crippen LogP contribution in [0.5, 0.6) is 0 Å². The molecule has 112 valence electrons. The number of aliphatic hydroxyl groups excluding tert-OH is 1. The first-order chi connectivity index (χ1) is 9.45. The highest BCUT2D eigenvalue weighted by molar-refractivity contribution is 5.80. The molecule has 5 saturated carbocycles. The lowest BCUT2D eigenvalue weighted by Gasteiger charge is -2.55. The van der Waals surface area contributed by atoms with Gasteiger partial charge in [-0.05, 0) is 62.2 Å². The maximum Gasteiger partial charge on any atom is 0.223 e. The summed E-state index contributed by atoms with van der Waals surface area (Å²) in [7, 11) is 0. The number of hydrogen-bond acceptors (Lipinski definition) is 2. The van der Waals surface area contributed by atoms with Crippen molar-refractivity contribution in [3.05, 3.63) is 0 Å². The molecular formula is C17H27NO2. The summed E-state index contributed by atoms with van der Waals surface area (Å²) in [5.74, 6) is 3.71. The van der Waals surface area contributed by atoms with Crippen molar-refractivity contribution in [2.24, 2.45) is 35.0 Å². The molecule has 2 unspecified atom stereocenters. The summed E-state index contributed by atoms with van der Waals surface area (Å²) in [5, 5.41) is 13.1. The minimum atomic E-state index is -0.258. The molecular weight excluding hydrogens is 250 g/mol. The molecule has 0 spiro atoms. The second-order valence-corrected chi connectivity index (χ2v) is 8.59. The quantitative estimate of drug-likeness (QED) is 0.814. The monoisotopic (exact) mass is 277 g/mol. The van der Waals surface area contributed by atoms with Crippen LogP contribution in [0.3, 0.4) is 0 Å². The van der Waals surface area contributed by atoms with Crippen LogP contribution < -0.4 is 5.32 Å². The number of carbonyl (C=O) groups is 1. The molecule has 0 saturated heterocycles. The van der Waals surface area contributed by atoms with Gasteiger partial charge < -0.3 is 10.4 Å². The second kappa shape index (κ2) is 4.22. The Morgan fingerprint density at radius 3 is 2.00 bits per heavy atom. The van der Waals surface area contributed by atoms with Gasteiger partial charge in [0.1, 0.15) is 0 Å². The number of aliphatic hydroxyl groups is 1. The maximum absolute atomic E-state index is 12.7. The minimum absolute atomic E-state index is 0.151. The Kier molecular flexibility index (Phi) is 2.77. The fraction of sp³-hybridized carbons (Fsp3) is 0.941. The Morgan fingerprint density at radius 2 is 1.55 bits per heavy atom. The summed E-state index contributed by atoms with van der Waals surface area (Å²) < 4.78 is 0. The van der Waals surface area contributed by atoms with Gasteiger partial charge in [0.05, 0.1) is 6.10 Å². The van der Waals surface area contributed by atoms with E-state index in [2.05, 4.69) is 19.2 Å². The first-order valence-corrected chi connectivity index (χ1v) is 8.43. The average molecular weight is 277 g/mol. The van der Waals surface area contributed by atoms with Crippen LogP contribution in [0.25, 0.3) is 0 Å². The maximum atomic E-state index is 12.7. The van der Waals surface area contributed by atoms with E-state index in [9.17, 15) is 9.90 Å². The van der Waals surface area contributed by atoms with E-state index >= 15 is 0 Å². The third-order valence-electron chi connectivity index (χ3n) is 7.06. The zero-order chi connectivity index (χ0) is 14.1. The van der Waals surface area contributed by atoms with Crippen molar-refractivity contribution < 1.29 is 9.90 Å². The largest absolute Gasteiger partial charge is 0.392 e. The zero-order valence-electron chi connectivity index (χ0n) is 12.6. The van der Waals surface area contributed by atoms with Gasteiger partial charge in [0.25, 0.3) is 0 Å². The van der Waals surface area contributed by atoms with Crippen LogP contribution in [0, 0.1) is 35.0 Å². The second-order valence-electron chi connectivity index (χ2n) is 8.59. The fourth-order valence-corrected chi connectivity index (χ4v) is 5.77. The Bertz CT molecular complexity index is 403. The van der Waals surface area contributed by atoms with E-state index < -0.39 is 0 Å². The molecule has 5 rings (SSSR count). The van der Waals surface area contributed by atoms with Crippen molar-refractivity contribution in [2.75, 3.05) is 0 Å². The van der Waals surface area contributed by atoms with Gasteiger partial charge in [0, 0.05) is 17.4 Å². The highest BCUT2D eigenvalue weighted by Gasteiger charge is 2.53. The molecule has 20 heavy (non-hydrogen) atoms. The topological polar surface area (TPSA) is 49.3 Å². The Morgan fingerprint density at radius 1 is 1.00 bits per heavy atom. The smallest absolute Gasteiger partial charge is 0.223 e. The van der Waals surface area contributed by atoms with Crippen molar-refractivity contribution in [1.29, 1.82) is 0 Å². The molecule has 0 radical (unpaired) electrons. The van der Waals surface area contributed by atoms with E-state index in [1.54, 1.807) is 0 Å². The average Bonchev–Trinajstić information content (AvgIpc) is 2.37. The van der Waals surface area contributed by atoms with Gasteiger partial charge in [0.2, 0.25) is 5.91 Å². The van der Waals surface area contributed by atoms with Crippen molar-refractivity contribution in [2.45, 2.75) is 64.5 Å². The van der Waals surface area contributed by atoms with Crippen LogP contribution in [0.1, 0.15) is 52.4 Å². The number of carbonyl (C=O) groups excluding carboxylic acids is 1. The molecule has 3 nitrogen and oxygen atoms in total. The van der Waals surface area contributed by atoms with Gasteiger partial charge in [-0.2, -0.15) is 0 Å². The third-order valence-corrected chi connectivity index (χ3v) is 7.06. The number of rotatable bonds is 2. The molecule has 4 bridgehead atoms. The zero-order valence-corrected chi connectivity index (χ0v) is 12.6. The van der Waals surface area contributed by atoms with Crippen LogP contribution in [0.15, 0.2) is 0 Å². The highest BCUT2D eigenvalue weighted by atomic mass is 16.3. The van der Waals surface area contributed by atoms with Crippen molar-refractivity contribution in [3.63, 3.8) is 0 Å². The molecule has 5 aliphatic rings. The lowest BCUT2D eigenvalue weighted by Crippen LogP contribution is -2.63.